The van der Waals surface area contributed by atoms with Gasteiger partial charge in [0, 0.05) is 31.6 Å². The number of amides is 1. The minimum absolute atomic E-state index is 0.00899. The van der Waals surface area contributed by atoms with Crippen molar-refractivity contribution in [3.05, 3.63) is 40.2 Å². The number of rotatable bonds is 3. The molecule has 0 aliphatic carbocycles. The van der Waals surface area contributed by atoms with Crippen LogP contribution in [0.4, 0.5) is 0 Å². The molecule has 2 aromatic heterocycles. The van der Waals surface area contributed by atoms with Crippen LogP contribution in [-0.2, 0) is 12.0 Å². The normalized spacial score (nSPS) is 16.7. The predicted octanol–water partition coefficient (Wildman–Crippen LogP) is 2.99. The quantitative estimate of drug-likeness (QED) is 0.866. The molecule has 124 valence electrons. The Balaban J connectivity index is 1.57. The maximum absolute atomic E-state index is 12.6. The molecule has 5 nitrogen and oxygen atoms in total. The van der Waals surface area contributed by atoms with Crippen molar-refractivity contribution in [2.45, 2.75) is 32.7 Å². The Morgan fingerprint density at radius 1 is 1.30 bits per heavy atom. The van der Waals surface area contributed by atoms with Crippen molar-refractivity contribution in [2.75, 3.05) is 26.2 Å². The van der Waals surface area contributed by atoms with E-state index in [9.17, 15) is 4.79 Å². The fourth-order valence-electron chi connectivity index (χ4n) is 2.61. The van der Waals surface area contributed by atoms with Crippen molar-refractivity contribution >= 4 is 17.2 Å². The maximum atomic E-state index is 12.6. The first-order valence-electron chi connectivity index (χ1n) is 7.94. The second-order valence-corrected chi connectivity index (χ2v) is 7.96. The van der Waals surface area contributed by atoms with Crippen molar-refractivity contribution < 1.29 is 9.21 Å². The molecule has 1 aliphatic rings. The van der Waals surface area contributed by atoms with Gasteiger partial charge in [0.1, 0.15) is 10.6 Å². The maximum Gasteiger partial charge on any atom is 0.265 e. The highest BCUT2D eigenvalue weighted by Crippen LogP contribution is 2.27. The number of aromatic nitrogens is 1. The Kier molecular flexibility index (Phi) is 4.55. The molecule has 0 radical (unpaired) electrons. The van der Waals surface area contributed by atoms with E-state index in [1.165, 1.54) is 11.3 Å². The van der Waals surface area contributed by atoms with E-state index in [0.29, 0.717) is 0 Å². The lowest BCUT2D eigenvalue weighted by molar-refractivity contribution is 0.0625. The zero-order chi connectivity index (χ0) is 16.4. The van der Waals surface area contributed by atoms with Crippen molar-refractivity contribution in [2.24, 2.45) is 0 Å². The highest BCUT2D eigenvalue weighted by Gasteiger charge is 2.26. The Morgan fingerprint density at radius 2 is 2.04 bits per heavy atom. The lowest BCUT2D eigenvalue weighted by Crippen LogP contribution is -2.48. The first-order valence-corrected chi connectivity index (χ1v) is 8.75. The fraction of sp³-hybridized carbons (Fsp3) is 0.529. The lowest BCUT2D eigenvalue weighted by Gasteiger charge is -2.34. The standard InChI is InChI=1S/C17H23N3O2S/c1-17(2,3)16-18-11-14(23-16)15(21)20-8-6-19(7-9-20)12-13-5-4-10-22-13/h4-5,10-11H,6-9,12H2,1-3H3. The molecule has 0 bridgehead atoms. The Labute approximate surface area is 140 Å². The topological polar surface area (TPSA) is 49.6 Å². The molecule has 1 aliphatic heterocycles. The van der Waals surface area contributed by atoms with E-state index in [1.54, 1.807) is 12.5 Å². The molecule has 0 unspecified atom stereocenters. The largest absolute Gasteiger partial charge is 0.468 e. The fourth-order valence-corrected chi connectivity index (χ4v) is 3.55. The Hall–Kier alpha value is -1.66. The summed E-state index contributed by atoms with van der Waals surface area (Å²) in [5.74, 6) is 1.08. The number of carbonyl (C=O) groups excluding carboxylic acids is 1. The molecule has 0 atom stereocenters. The van der Waals surface area contributed by atoms with Crippen LogP contribution in [0.3, 0.4) is 0 Å². The van der Waals surface area contributed by atoms with Gasteiger partial charge in [0.25, 0.3) is 5.91 Å². The van der Waals surface area contributed by atoms with Gasteiger partial charge in [-0.05, 0) is 12.1 Å². The third-order valence-electron chi connectivity index (χ3n) is 3.98. The second-order valence-electron chi connectivity index (χ2n) is 6.93. The van der Waals surface area contributed by atoms with Gasteiger partial charge >= 0.3 is 0 Å². The van der Waals surface area contributed by atoms with Crippen LogP contribution in [0.25, 0.3) is 0 Å². The number of carbonyl (C=O) groups is 1. The molecule has 0 aromatic carbocycles. The first kappa shape index (κ1) is 16.2. The number of nitrogens with zero attached hydrogens (tertiary/aromatic N) is 3. The summed E-state index contributed by atoms with van der Waals surface area (Å²) in [6.07, 6.45) is 3.43. The Bertz CT molecular complexity index is 650. The molecule has 3 rings (SSSR count). The van der Waals surface area contributed by atoms with Gasteiger partial charge in [0.2, 0.25) is 0 Å². The highest BCUT2D eigenvalue weighted by atomic mass is 32.1. The second kappa shape index (κ2) is 6.45. The first-order chi connectivity index (χ1) is 10.9. The SMILES string of the molecule is CC(C)(C)c1ncc(C(=O)N2CCN(Cc3ccco3)CC2)s1. The summed E-state index contributed by atoms with van der Waals surface area (Å²) >= 11 is 1.52. The van der Waals surface area contributed by atoms with Crippen LogP contribution in [0.5, 0.6) is 0 Å². The number of piperazine rings is 1. The Morgan fingerprint density at radius 3 is 2.61 bits per heavy atom. The molecule has 1 saturated heterocycles. The third kappa shape index (κ3) is 3.82. The molecule has 1 amide bonds. The van der Waals surface area contributed by atoms with Crippen molar-refractivity contribution in [3.63, 3.8) is 0 Å². The van der Waals surface area contributed by atoms with E-state index in [2.05, 4.69) is 30.7 Å². The van der Waals surface area contributed by atoms with E-state index in [4.69, 9.17) is 4.42 Å². The molecule has 0 spiro atoms. The van der Waals surface area contributed by atoms with Gasteiger partial charge in [-0.2, -0.15) is 0 Å². The van der Waals surface area contributed by atoms with Crippen molar-refractivity contribution in [1.82, 2.24) is 14.8 Å². The van der Waals surface area contributed by atoms with Crippen molar-refractivity contribution in [1.29, 1.82) is 0 Å². The average Bonchev–Trinajstić information content (AvgIpc) is 3.18. The van der Waals surface area contributed by atoms with Crippen LogP contribution in [0.1, 0.15) is 41.2 Å². The lowest BCUT2D eigenvalue weighted by atomic mass is 9.98. The van der Waals surface area contributed by atoms with Gasteiger partial charge < -0.3 is 9.32 Å². The molecule has 0 N–H and O–H groups in total. The zero-order valence-corrected chi connectivity index (χ0v) is 14.7. The zero-order valence-electron chi connectivity index (χ0n) is 13.9. The summed E-state index contributed by atoms with van der Waals surface area (Å²) in [5, 5.41) is 1.01. The summed E-state index contributed by atoms with van der Waals surface area (Å²) < 4.78 is 5.39. The van der Waals surface area contributed by atoms with E-state index >= 15 is 0 Å². The predicted molar refractivity (Wildman–Crippen MR) is 90.7 cm³/mol. The van der Waals surface area contributed by atoms with E-state index in [-0.39, 0.29) is 11.3 Å². The molecule has 1 fully saturated rings. The molecule has 0 saturated carbocycles. The molecule has 23 heavy (non-hydrogen) atoms. The average molecular weight is 333 g/mol. The number of hydrogen-bond donors (Lipinski definition) is 0. The van der Waals surface area contributed by atoms with Gasteiger partial charge in [0.05, 0.1) is 24.0 Å². The van der Waals surface area contributed by atoms with Gasteiger partial charge in [-0.15, -0.1) is 11.3 Å². The summed E-state index contributed by atoms with van der Waals surface area (Å²) in [6.45, 7) is 10.4. The monoisotopic (exact) mass is 333 g/mol. The minimum Gasteiger partial charge on any atom is -0.468 e. The van der Waals surface area contributed by atoms with Crippen molar-refractivity contribution in [3.8, 4) is 0 Å². The number of furan rings is 1. The van der Waals surface area contributed by atoms with Gasteiger partial charge in [-0.1, -0.05) is 20.8 Å². The smallest absolute Gasteiger partial charge is 0.265 e. The van der Waals surface area contributed by atoms with E-state index in [0.717, 1.165) is 48.4 Å². The molecule has 6 heteroatoms. The number of thiazole rings is 1. The summed E-state index contributed by atoms with van der Waals surface area (Å²) in [5.41, 5.74) is -0.00899. The summed E-state index contributed by atoms with van der Waals surface area (Å²) in [4.78, 5) is 22.0. The van der Waals surface area contributed by atoms with Gasteiger partial charge in [0.15, 0.2) is 0 Å². The van der Waals surface area contributed by atoms with Crippen LogP contribution < -0.4 is 0 Å². The minimum atomic E-state index is -0.00899. The van der Waals surface area contributed by atoms with Crippen LogP contribution >= 0.6 is 11.3 Å². The van der Waals surface area contributed by atoms with E-state index in [1.807, 2.05) is 17.0 Å². The third-order valence-corrected chi connectivity index (χ3v) is 5.39. The van der Waals surface area contributed by atoms with Crippen LogP contribution in [0.15, 0.2) is 29.0 Å². The van der Waals surface area contributed by atoms with E-state index < -0.39 is 0 Å². The number of hydrogen-bond acceptors (Lipinski definition) is 5. The summed E-state index contributed by atoms with van der Waals surface area (Å²) in [7, 11) is 0. The molecular formula is C17H23N3O2S. The van der Waals surface area contributed by atoms with Gasteiger partial charge in [-0.25, -0.2) is 4.98 Å². The van der Waals surface area contributed by atoms with Gasteiger partial charge in [-0.3, -0.25) is 9.69 Å². The highest BCUT2D eigenvalue weighted by molar-refractivity contribution is 7.13. The molecular weight excluding hydrogens is 310 g/mol. The summed E-state index contributed by atoms with van der Waals surface area (Å²) in [6, 6.07) is 3.90. The van der Waals surface area contributed by atoms with Crippen LogP contribution in [0, 0.1) is 0 Å². The van der Waals surface area contributed by atoms with Crippen LogP contribution in [0.2, 0.25) is 0 Å². The molecule has 2 aromatic rings. The van der Waals surface area contributed by atoms with Crippen LogP contribution in [-0.4, -0.2) is 46.9 Å². The molecule has 3 heterocycles.